The van der Waals surface area contributed by atoms with Crippen LogP contribution < -0.4 is 4.72 Å². The summed E-state index contributed by atoms with van der Waals surface area (Å²) in [7, 11) is -3.93. The first-order valence-electron chi connectivity index (χ1n) is 4.81. The molecule has 2 heterocycles. The van der Waals surface area contributed by atoms with Crippen molar-refractivity contribution in [1.82, 2.24) is 14.9 Å². The molecule has 2 rings (SSSR count). The summed E-state index contributed by atoms with van der Waals surface area (Å²) in [6.07, 6.45) is 1.36. The van der Waals surface area contributed by atoms with Crippen LogP contribution in [0.5, 0.6) is 0 Å². The second-order valence-corrected chi connectivity index (χ2v) is 5.37. The molecule has 94 valence electrons. The SMILES string of the molecule is O=C(O)C1(NS(=O)(=O)c2ccn[nH]2)CCOC1. The van der Waals surface area contributed by atoms with Gasteiger partial charge in [0, 0.05) is 13.0 Å². The van der Waals surface area contributed by atoms with Crippen LogP contribution in [0.2, 0.25) is 0 Å². The minimum Gasteiger partial charge on any atom is -0.480 e. The van der Waals surface area contributed by atoms with Gasteiger partial charge in [0.15, 0.2) is 10.6 Å². The molecule has 0 aromatic carbocycles. The van der Waals surface area contributed by atoms with Gasteiger partial charge in [0.1, 0.15) is 0 Å². The summed E-state index contributed by atoms with van der Waals surface area (Å²) < 4.78 is 30.8. The Kier molecular flexibility index (Phi) is 2.89. The van der Waals surface area contributed by atoms with E-state index in [0.29, 0.717) is 0 Å². The van der Waals surface area contributed by atoms with Crippen LogP contribution in [0, 0.1) is 0 Å². The van der Waals surface area contributed by atoms with E-state index < -0.39 is 21.5 Å². The fourth-order valence-electron chi connectivity index (χ4n) is 1.56. The quantitative estimate of drug-likeness (QED) is 0.634. The van der Waals surface area contributed by atoms with Crippen molar-refractivity contribution < 1.29 is 23.1 Å². The van der Waals surface area contributed by atoms with Gasteiger partial charge in [-0.05, 0) is 6.07 Å². The summed E-state index contributed by atoms with van der Waals surface area (Å²) in [4.78, 5) is 11.1. The molecule has 0 radical (unpaired) electrons. The van der Waals surface area contributed by atoms with Crippen molar-refractivity contribution in [3.8, 4) is 0 Å². The molecule has 1 saturated heterocycles. The number of carboxylic acid groups (broad SMARTS) is 1. The largest absolute Gasteiger partial charge is 0.480 e. The summed E-state index contributed by atoms with van der Waals surface area (Å²) in [5.41, 5.74) is -1.59. The number of hydrogen-bond donors (Lipinski definition) is 3. The van der Waals surface area contributed by atoms with E-state index in [0.717, 1.165) is 0 Å². The van der Waals surface area contributed by atoms with E-state index in [9.17, 15) is 13.2 Å². The van der Waals surface area contributed by atoms with Crippen molar-refractivity contribution in [1.29, 1.82) is 0 Å². The van der Waals surface area contributed by atoms with Crippen molar-refractivity contribution in [3.63, 3.8) is 0 Å². The summed E-state index contributed by atoms with van der Waals surface area (Å²) in [6, 6.07) is 1.24. The van der Waals surface area contributed by atoms with E-state index in [1.165, 1.54) is 12.3 Å². The molecule has 1 fully saturated rings. The molecule has 1 aromatic heterocycles. The molecule has 0 bridgehead atoms. The molecule has 3 N–H and O–H groups in total. The molecule has 17 heavy (non-hydrogen) atoms. The monoisotopic (exact) mass is 261 g/mol. The molecule has 0 amide bonds. The maximum Gasteiger partial charge on any atom is 0.327 e. The number of ether oxygens (including phenoxy) is 1. The number of rotatable bonds is 4. The molecule has 0 spiro atoms. The van der Waals surface area contributed by atoms with Gasteiger partial charge in [-0.1, -0.05) is 0 Å². The molecular formula is C8H11N3O5S. The van der Waals surface area contributed by atoms with Crippen molar-refractivity contribution in [2.45, 2.75) is 17.0 Å². The average Bonchev–Trinajstić information content (AvgIpc) is 2.86. The Labute approximate surface area is 97.0 Å². The van der Waals surface area contributed by atoms with Gasteiger partial charge >= 0.3 is 5.97 Å². The van der Waals surface area contributed by atoms with Gasteiger partial charge in [0.25, 0.3) is 10.0 Å². The summed E-state index contributed by atoms with van der Waals surface area (Å²) in [5.74, 6) is -1.25. The van der Waals surface area contributed by atoms with Gasteiger partial charge in [-0.15, -0.1) is 0 Å². The van der Waals surface area contributed by atoms with Crippen LogP contribution in [-0.2, 0) is 19.6 Å². The number of hydrogen-bond acceptors (Lipinski definition) is 5. The van der Waals surface area contributed by atoms with E-state index >= 15 is 0 Å². The number of aromatic amines is 1. The lowest BCUT2D eigenvalue weighted by atomic mass is 10.0. The third-order valence-electron chi connectivity index (χ3n) is 2.53. The second kappa shape index (κ2) is 4.09. The normalized spacial score (nSPS) is 24.9. The highest BCUT2D eigenvalue weighted by molar-refractivity contribution is 7.89. The van der Waals surface area contributed by atoms with Crippen molar-refractivity contribution >= 4 is 16.0 Å². The van der Waals surface area contributed by atoms with E-state index in [1.807, 2.05) is 0 Å². The lowest BCUT2D eigenvalue weighted by molar-refractivity contribution is -0.144. The number of aromatic nitrogens is 2. The van der Waals surface area contributed by atoms with Gasteiger partial charge in [-0.25, -0.2) is 8.42 Å². The van der Waals surface area contributed by atoms with Gasteiger partial charge in [-0.3, -0.25) is 9.89 Å². The van der Waals surface area contributed by atoms with Crippen LogP contribution >= 0.6 is 0 Å². The molecule has 1 aliphatic heterocycles. The maximum atomic E-state index is 11.9. The molecule has 9 heteroatoms. The van der Waals surface area contributed by atoms with Gasteiger partial charge in [-0.2, -0.15) is 9.82 Å². The minimum absolute atomic E-state index is 0.0930. The topological polar surface area (TPSA) is 121 Å². The van der Waals surface area contributed by atoms with E-state index in [1.54, 1.807) is 0 Å². The maximum absolute atomic E-state index is 11.9. The number of carboxylic acids is 1. The van der Waals surface area contributed by atoms with Crippen molar-refractivity contribution in [3.05, 3.63) is 12.3 Å². The first kappa shape index (κ1) is 12.0. The molecule has 1 aliphatic rings. The second-order valence-electron chi connectivity index (χ2n) is 3.72. The molecule has 1 unspecified atom stereocenters. The van der Waals surface area contributed by atoms with Crippen LogP contribution in [0.4, 0.5) is 0 Å². The zero-order valence-electron chi connectivity index (χ0n) is 8.71. The first-order valence-corrected chi connectivity index (χ1v) is 6.29. The highest BCUT2D eigenvalue weighted by Gasteiger charge is 2.46. The number of sulfonamides is 1. The lowest BCUT2D eigenvalue weighted by Crippen LogP contribution is -2.55. The number of H-pyrrole nitrogens is 1. The van der Waals surface area contributed by atoms with Crippen molar-refractivity contribution in [2.75, 3.05) is 13.2 Å². The molecule has 0 aliphatic carbocycles. The summed E-state index contributed by atoms with van der Waals surface area (Å²) in [5, 5.41) is 14.7. The number of nitrogens with one attached hydrogen (secondary N) is 2. The van der Waals surface area contributed by atoms with Crippen LogP contribution in [0.3, 0.4) is 0 Å². The highest BCUT2D eigenvalue weighted by Crippen LogP contribution is 2.21. The predicted octanol–water partition coefficient (Wildman–Crippen LogP) is -1.07. The van der Waals surface area contributed by atoms with Gasteiger partial charge in [0.2, 0.25) is 0 Å². The zero-order valence-corrected chi connectivity index (χ0v) is 9.53. The first-order chi connectivity index (χ1) is 7.96. The van der Waals surface area contributed by atoms with Gasteiger partial charge < -0.3 is 9.84 Å². The van der Waals surface area contributed by atoms with Gasteiger partial charge in [0.05, 0.1) is 12.8 Å². The predicted molar refractivity (Wildman–Crippen MR) is 54.7 cm³/mol. The van der Waals surface area contributed by atoms with Crippen LogP contribution in [-0.4, -0.2) is 48.4 Å². The van der Waals surface area contributed by atoms with E-state index in [2.05, 4.69) is 14.9 Å². The summed E-state index contributed by atoms with van der Waals surface area (Å²) >= 11 is 0. The Hall–Kier alpha value is -1.45. The zero-order chi connectivity index (χ0) is 12.5. The molecule has 0 saturated carbocycles. The number of carbonyl (C=O) groups is 1. The standard InChI is InChI=1S/C8H11N3O5S/c12-7(13)8(2-4-16-5-8)11-17(14,15)6-1-3-9-10-6/h1,3,11H,2,4-5H2,(H,9,10)(H,12,13). The fraction of sp³-hybridized carbons (Fsp3) is 0.500. The molecular weight excluding hydrogens is 250 g/mol. The Morgan fingerprint density at radius 2 is 2.41 bits per heavy atom. The minimum atomic E-state index is -3.93. The third-order valence-corrected chi connectivity index (χ3v) is 3.99. The molecule has 8 nitrogen and oxygen atoms in total. The van der Waals surface area contributed by atoms with Crippen LogP contribution in [0.15, 0.2) is 17.3 Å². The van der Waals surface area contributed by atoms with E-state index in [4.69, 9.17) is 9.84 Å². The van der Waals surface area contributed by atoms with Crippen LogP contribution in [0.25, 0.3) is 0 Å². The molecule has 1 aromatic rings. The fourth-order valence-corrected chi connectivity index (χ4v) is 2.85. The van der Waals surface area contributed by atoms with E-state index in [-0.39, 0.29) is 24.7 Å². The lowest BCUT2D eigenvalue weighted by Gasteiger charge is -2.22. The number of aliphatic carboxylic acids is 1. The Bertz CT molecular complexity index is 503. The Morgan fingerprint density at radius 3 is 2.88 bits per heavy atom. The number of nitrogens with zero attached hydrogens (tertiary/aromatic N) is 1. The molecule has 1 atom stereocenters. The Balaban J connectivity index is 2.28. The summed E-state index contributed by atoms with van der Waals surface area (Å²) in [6.45, 7) is 0.0213. The van der Waals surface area contributed by atoms with Crippen LogP contribution in [0.1, 0.15) is 6.42 Å². The van der Waals surface area contributed by atoms with Crippen molar-refractivity contribution in [2.24, 2.45) is 0 Å². The highest BCUT2D eigenvalue weighted by atomic mass is 32.2. The Morgan fingerprint density at radius 1 is 1.65 bits per heavy atom. The third kappa shape index (κ3) is 2.16. The average molecular weight is 261 g/mol. The smallest absolute Gasteiger partial charge is 0.327 e.